The number of primary amides is 1. The van der Waals surface area contributed by atoms with Crippen molar-refractivity contribution >= 4 is 29.0 Å². The van der Waals surface area contributed by atoms with Gasteiger partial charge in [0.2, 0.25) is 0 Å². The van der Waals surface area contributed by atoms with Gasteiger partial charge in [-0.25, -0.2) is 9.78 Å². The van der Waals surface area contributed by atoms with Crippen LogP contribution in [0.5, 0.6) is 5.75 Å². The number of oxazole rings is 1. The van der Waals surface area contributed by atoms with E-state index in [1.165, 1.54) is 25.4 Å². The number of amides is 1. The van der Waals surface area contributed by atoms with Gasteiger partial charge in [-0.05, 0) is 12.1 Å². The number of rotatable bonds is 8. The smallest absolute Gasteiger partial charge is 0.358 e. The van der Waals surface area contributed by atoms with Gasteiger partial charge in [0.25, 0.3) is 11.8 Å². The molecule has 3 aromatic heterocycles. The van der Waals surface area contributed by atoms with Gasteiger partial charge in [0.1, 0.15) is 23.0 Å². The monoisotopic (exact) mass is 468 g/mol. The molecule has 1 amide bonds. The summed E-state index contributed by atoms with van der Waals surface area (Å²) in [6.45, 7) is 1.45. The quantitative estimate of drug-likeness (QED) is 0.364. The molecule has 0 fully saturated rings. The minimum Gasteiger partial charge on any atom is -0.497 e. The summed E-state index contributed by atoms with van der Waals surface area (Å²) in [5.41, 5.74) is 5.39. The van der Waals surface area contributed by atoms with Crippen LogP contribution < -0.4 is 10.5 Å². The first-order valence-electron chi connectivity index (χ1n) is 9.36. The van der Waals surface area contributed by atoms with Crippen LogP contribution in [-0.4, -0.2) is 54.8 Å². The number of nitrogens with zero attached hydrogens (tertiary/aromatic N) is 5. The number of benzene rings is 1. The highest BCUT2D eigenvalue weighted by atomic mass is 32.1. The minimum atomic E-state index is -1.34. The van der Waals surface area contributed by atoms with Crippen molar-refractivity contribution in [2.45, 2.75) is 13.5 Å². The second-order valence-corrected chi connectivity index (χ2v) is 7.65. The van der Waals surface area contributed by atoms with Gasteiger partial charge in [-0.2, -0.15) is 9.78 Å². The van der Waals surface area contributed by atoms with E-state index in [1.54, 1.807) is 29.6 Å². The highest BCUT2D eigenvalue weighted by Crippen LogP contribution is 2.32. The van der Waals surface area contributed by atoms with Crippen LogP contribution in [0.1, 0.15) is 43.4 Å². The summed E-state index contributed by atoms with van der Waals surface area (Å²) in [5, 5.41) is 20.0. The van der Waals surface area contributed by atoms with Gasteiger partial charge in [-0.15, -0.1) is 21.5 Å². The Morgan fingerprint density at radius 1 is 1.21 bits per heavy atom. The van der Waals surface area contributed by atoms with Crippen molar-refractivity contribution in [3.8, 4) is 28.7 Å². The number of nitrogens with two attached hydrogens (primary N) is 1. The van der Waals surface area contributed by atoms with Crippen molar-refractivity contribution in [3.05, 3.63) is 51.7 Å². The summed E-state index contributed by atoms with van der Waals surface area (Å²) in [4.78, 5) is 44.6. The van der Waals surface area contributed by atoms with E-state index in [4.69, 9.17) is 14.9 Å². The van der Waals surface area contributed by atoms with Crippen LogP contribution in [0.3, 0.4) is 0 Å². The Morgan fingerprint density at radius 2 is 2.00 bits per heavy atom. The molecule has 13 heteroatoms. The fourth-order valence-corrected chi connectivity index (χ4v) is 3.73. The van der Waals surface area contributed by atoms with Crippen molar-refractivity contribution in [1.29, 1.82) is 0 Å². The molecular weight excluding hydrogens is 452 g/mol. The zero-order valence-electron chi connectivity index (χ0n) is 17.3. The summed E-state index contributed by atoms with van der Waals surface area (Å²) in [7, 11) is 1.47. The van der Waals surface area contributed by atoms with E-state index >= 15 is 0 Å². The minimum absolute atomic E-state index is 0.0487. The molecular formula is C20H16N6O6S. The number of carboxylic acid groups (broad SMARTS) is 1. The zero-order valence-corrected chi connectivity index (χ0v) is 18.1. The number of thiazole rings is 1. The van der Waals surface area contributed by atoms with Crippen molar-refractivity contribution in [2.75, 3.05) is 7.11 Å². The molecule has 0 bridgehead atoms. The Balaban J connectivity index is 1.77. The van der Waals surface area contributed by atoms with Gasteiger partial charge in [0, 0.05) is 17.9 Å². The first-order valence-corrected chi connectivity index (χ1v) is 10.2. The Morgan fingerprint density at radius 3 is 2.64 bits per heavy atom. The fraction of sp³-hybridized carbons (Fsp3) is 0.150. The van der Waals surface area contributed by atoms with Crippen LogP contribution in [0.4, 0.5) is 0 Å². The zero-order chi connectivity index (χ0) is 23.7. The second kappa shape index (κ2) is 8.63. The van der Waals surface area contributed by atoms with E-state index in [0.29, 0.717) is 22.0 Å². The Kier molecular flexibility index (Phi) is 5.70. The predicted octanol–water partition coefficient (Wildman–Crippen LogP) is 2.11. The van der Waals surface area contributed by atoms with E-state index in [1.807, 2.05) is 0 Å². The highest BCUT2D eigenvalue weighted by molar-refractivity contribution is 7.09. The van der Waals surface area contributed by atoms with Gasteiger partial charge < -0.3 is 20.0 Å². The van der Waals surface area contributed by atoms with Gasteiger partial charge in [-0.1, -0.05) is 12.1 Å². The normalized spacial score (nSPS) is 10.8. The molecule has 3 N–H and O–H groups in total. The predicted molar refractivity (Wildman–Crippen MR) is 114 cm³/mol. The Bertz CT molecular complexity index is 1390. The number of carbonyl (C=O) groups is 3. The summed E-state index contributed by atoms with van der Waals surface area (Å²) in [6.07, 6.45) is 0. The van der Waals surface area contributed by atoms with Gasteiger partial charge in [0.05, 0.1) is 7.11 Å². The number of carbonyl (C=O) groups excluding carboxylic acids is 2. The third-order valence-corrected chi connectivity index (χ3v) is 5.28. The van der Waals surface area contributed by atoms with E-state index < -0.39 is 11.9 Å². The second-order valence-electron chi connectivity index (χ2n) is 6.71. The molecule has 12 nitrogen and oxygen atoms in total. The molecule has 0 radical (unpaired) electrons. The highest BCUT2D eigenvalue weighted by Gasteiger charge is 2.28. The van der Waals surface area contributed by atoms with E-state index in [9.17, 15) is 19.5 Å². The largest absolute Gasteiger partial charge is 0.497 e. The maximum atomic E-state index is 12.0. The van der Waals surface area contributed by atoms with Crippen molar-refractivity contribution in [2.24, 2.45) is 5.73 Å². The van der Waals surface area contributed by atoms with E-state index in [0.717, 1.165) is 4.80 Å². The van der Waals surface area contributed by atoms with Crippen molar-refractivity contribution in [3.63, 3.8) is 0 Å². The van der Waals surface area contributed by atoms with Crippen LogP contribution in [0, 0.1) is 0 Å². The summed E-state index contributed by atoms with van der Waals surface area (Å²) in [5.74, 6) is -2.23. The third kappa shape index (κ3) is 4.34. The number of carboxylic acids is 1. The molecule has 0 aliphatic rings. The number of ether oxygens (including phenoxy) is 1. The number of methoxy groups -OCH3 is 1. The van der Waals surface area contributed by atoms with Gasteiger partial charge in [0.15, 0.2) is 28.6 Å². The standard InChI is InChI=1S/C20H16N6O6S/c1-9(27)12-8-33-13(22-12)7-26-24-14(18(21)28)15(25-26)19-23-16(20(29)30)17(32-19)10-4-3-5-11(6-10)31-2/h3-6,8H,7H2,1-2H3,(H2,21,28)(H,29,30). The van der Waals surface area contributed by atoms with Gasteiger partial charge >= 0.3 is 5.97 Å². The van der Waals surface area contributed by atoms with Crippen molar-refractivity contribution in [1.82, 2.24) is 25.0 Å². The molecule has 0 spiro atoms. The van der Waals surface area contributed by atoms with E-state index in [-0.39, 0.29) is 41.1 Å². The lowest BCUT2D eigenvalue weighted by atomic mass is 10.1. The number of Topliss-reactive ketones (excluding diaryl/α,β-unsaturated/α-hetero) is 1. The lowest BCUT2D eigenvalue weighted by Crippen LogP contribution is -2.14. The maximum Gasteiger partial charge on any atom is 0.358 e. The fourth-order valence-electron chi connectivity index (χ4n) is 2.92. The van der Waals surface area contributed by atoms with Crippen LogP contribution >= 0.6 is 11.3 Å². The summed E-state index contributed by atoms with van der Waals surface area (Å²) in [6, 6.07) is 6.56. The first-order chi connectivity index (χ1) is 15.8. The van der Waals surface area contributed by atoms with E-state index in [2.05, 4.69) is 20.2 Å². The topological polar surface area (TPSA) is 176 Å². The molecule has 4 rings (SSSR count). The number of aromatic carboxylic acids is 1. The molecule has 33 heavy (non-hydrogen) atoms. The van der Waals surface area contributed by atoms with Crippen molar-refractivity contribution < 1.29 is 28.6 Å². The molecule has 0 saturated carbocycles. The lowest BCUT2D eigenvalue weighted by Gasteiger charge is -2.02. The maximum absolute atomic E-state index is 12.0. The van der Waals surface area contributed by atoms with Gasteiger partial charge in [-0.3, -0.25) is 9.59 Å². The SMILES string of the molecule is COc1cccc(-c2oc(-c3nn(Cc4nc(C(C)=O)cs4)nc3C(N)=O)nc2C(=O)O)c1. The number of hydrogen-bond donors (Lipinski definition) is 2. The first kappa shape index (κ1) is 21.8. The molecule has 168 valence electrons. The molecule has 0 aliphatic heterocycles. The molecule has 0 aliphatic carbocycles. The Labute approximate surface area is 189 Å². The number of hydrogen-bond acceptors (Lipinski definition) is 10. The average Bonchev–Trinajstić information content (AvgIpc) is 3.52. The molecule has 3 heterocycles. The molecule has 0 saturated heterocycles. The molecule has 0 atom stereocenters. The third-order valence-electron chi connectivity index (χ3n) is 4.44. The summed E-state index contributed by atoms with van der Waals surface area (Å²) < 4.78 is 10.9. The molecule has 4 aromatic rings. The average molecular weight is 468 g/mol. The molecule has 0 unspecified atom stereocenters. The van der Waals surface area contributed by atoms with Crippen LogP contribution in [0.25, 0.3) is 22.9 Å². The summed E-state index contributed by atoms with van der Waals surface area (Å²) >= 11 is 1.23. The van der Waals surface area contributed by atoms with Crippen LogP contribution in [-0.2, 0) is 6.54 Å². The Hall–Kier alpha value is -4.39. The van der Waals surface area contributed by atoms with Crippen LogP contribution in [0.2, 0.25) is 0 Å². The van der Waals surface area contributed by atoms with Crippen LogP contribution in [0.15, 0.2) is 34.1 Å². The lowest BCUT2D eigenvalue weighted by molar-refractivity contribution is 0.0691. The molecule has 1 aromatic carbocycles. The number of aromatic nitrogens is 5. The number of ketones is 1.